The first-order valence-corrected chi connectivity index (χ1v) is 5.61. The maximum absolute atomic E-state index is 5.74. The van der Waals surface area contributed by atoms with E-state index in [9.17, 15) is 0 Å². The van der Waals surface area contributed by atoms with Crippen molar-refractivity contribution in [2.45, 2.75) is 36.0 Å². The zero-order valence-corrected chi connectivity index (χ0v) is 8.68. The van der Waals surface area contributed by atoms with Crippen LogP contribution in [0.5, 0.6) is 0 Å². The van der Waals surface area contributed by atoms with Crippen LogP contribution in [0.25, 0.3) is 0 Å². The van der Waals surface area contributed by atoms with Gasteiger partial charge in [0.25, 0.3) is 0 Å². The summed E-state index contributed by atoms with van der Waals surface area (Å²) in [5.74, 6) is 0. The average Bonchev–Trinajstić information content (AvgIpc) is 2.01. The lowest BCUT2D eigenvalue weighted by molar-refractivity contribution is 0.433. The van der Waals surface area contributed by atoms with Crippen molar-refractivity contribution in [2.24, 2.45) is 5.73 Å². The molecule has 0 amide bonds. The molecule has 1 fully saturated rings. The van der Waals surface area contributed by atoms with Gasteiger partial charge in [-0.1, -0.05) is 17.7 Å². The summed E-state index contributed by atoms with van der Waals surface area (Å²) in [6.45, 7) is 2.14. The highest BCUT2D eigenvalue weighted by Crippen LogP contribution is 2.35. The van der Waals surface area contributed by atoms with Gasteiger partial charge in [-0.05, 0) is 31.9 Å². The van der Waals surface area contributed by atoms with E-state index in [1.807, 2.05) is 11.8 Å². The second kappa shape index (κ2) is 3.72. The third-order valence-electron chi connectivity index (χ3n) is 2.42. The van der Waals surface area contributed by atoms with E-state index in [0.29, 0.717) is 6.04 Å². The summed E-state index contributed by atoms with van der Waals surface area (Å²) in [5, 5.41) is 0.761. The Morgan fingerprint density at radius 2 is 2.15 bits per heavy atom. The molecule has 1 saturated carbocycles. The molecule has 2 N–H and O–H groups in total. The van der Waals surface area contributed by atoms with E-state index in [0.717, 1.165) is 5.25 Å². The topological polar surface area (TPSA) is 26.0 Å². The van der Waals surface area contributed by atoms with Crippen molar-refractivity contribution in [3.8, 4) is 0 Å². The fourth-order valence-electron chi connectivity index (χ4n) is 1.58. The maximum Gasteiger partial charge on any atom is 0.0124 e. The van der Waals surface area contributed by atoms with Crippen LogP contribution in [-0.2, 0) is 0 Å². The SMILES string of the molecule is Cc1cccc(SC2CC(N)C2)c1. The van der Waals surface area contributed by atoms with Crippen LogP contribution >= 0.6 is 11.8 Å². The van der Waals surface area contributed by atoms with E-state index in [1.165, 1.54) is 23.3 Å². The Labute approximate surface area is 83.7 Å². The Balaban J connectivity index is 1.94. The number of rotatable bonds is 2. The van der Waals surface area contributed by atoms with Crippen LogP contribution in [0, 0.1) is 6.92 Å². The lowest BCUT2D eigenvalue weighted by Gasteiger charge is -2.31. The van der Waals surface area contributed by atoms with Crippen molar-refractivity contribution in [3.63, 3.8) is 0 Å². The summed E-state index contributed by atoms with van der Waals surface area (Å²) in [7, 11) is 0. The molecule has 0 radical (unpaired) electrons. The summed E-state index contributed by atoms with van der Waals surface area (Å²) in [6.07, 6.45) is 2.36. The zero-order chi connectivity index (χ0) is 9.26. The summed E-state index contributed by atoms with van der Waals surface area (Å²) in [5.41, 5.74) is 7.08. The summed E-state index contributed by atoms with van der Waals surface area (Å²) in [4.78, 5) is 1.39. The van der Waals surface area contributed by atoms with Gasteiger partial charge < -0.3 is 5.73 Å². The van der Waals surface area contributed by atoms with Gasteiger partial charge in [-0.3, -0.25) is 0 Å². The number of aryl methyl sites for hydroxylation is 1. The minimum atomic E-state index is 0.460. The van der Waals surface area contributed by atoms with E-state index >= 15 is 0 Å². The Morgan fingerprint density at radius 1 is 1.38 bits per heavy atom. The van der Waals surface area contributed by atoms with Crippen LogP contribution in [-0.4, -0.2) is 11.3 Å². The Hall–Kier alpha value is -0.470. The van der Waals surface area contributed by atoms with Crippen molar-refractivity contribution in [3.05, 3.63) is 29.8 Å². The number of hydrogen-bond acceptors (Lipinski definition) is 2. The molecule has 70 valence electrons. The van der Waals surface area contributed by atoms with Crippen molar-refractivity contribution in [1.82, 2.24) is 0 Å². The molecule has 0 aliphatic heterocycles. The van der Waals surface area contributed by atoms with Crippen molar-refractivity contribution in [2.75, 3.05) is 0 Å². The Kier molecular flexibility index (Phi) is 2.61. The highest BCUT2D eigenvalue weighted by atomic mass is 32.2. The molecule has 0 unspecified atom stereocenters. The minimum Gasteiger partial charge on any atom is -0.328 e. The molecular formula is C11H15NS. The van der Waals surface area contributed by atoms with Crippen molar-refractivity contribution < 1.29 is 0 Å². The van der Waals surface area contributed by atoms with Gasteiger partial charge in [0.2, 0.25) is 0 Å². The first-order chi connectivity index (χ1) is 6.24. The predicted molar refractivity (Wildman–Crippen MR) is 58.0 cm³/mol. The van der Waals surface area contributed by atoms with Crippen LogP contribution in [0.3, 0.4) is 0 Å². The van der Waals surface area contributed by atoms with Gasteiger partial charge in [0.05, 0.1) is 0 Å². The second-order valence-corrected chi connectivity index (χ2v) is 5.16. The van der Waals surface area contributed by atoms with E-state index in [2.05, 4.69) is 31.2 Å². The molecule has 0 aromatic heterocycles. The molecule has 0 atom stereocenters. The molecule has 1 aliphatic rings. The highest BCUT2D eigenvalue weighted by Gasteiger charge is 2.26. The third-order valence-corrected chi connectivity index (χ3v) is 3.67. The number of benzene rings is 1. The maximum atomic E-state index is 5.74. The lowest BCUT2D eigenvalue weighted by Crippen LogP contribution is -2.38. The van der Waals surface area contributed by atoms with Gasteiger partial charge in [0, 0.05) is 16.2 Å². The van der Waals surface area contributed by atoms with Crippen molar-refractivity contribution >= 4 is 11.8 Å². The molecule has 1 aromatic carbocycles. The van der Waals surface area contributed by atoms with Gasteiger partial charge in [-0.15, -0.1) is 11.8 Å². The first kappa shape index (κ1) is 9.10. The average molecular weight is 193 g/mol. The standard InChI is InChI=1S/C11H15NS/c1-8-3-2-4-10(5-8)13-11-6-9(12)7-11/h2-5,9,11H,6-7,12H2,1H3. The minimum absolute atomic E-state index is 0.460. The van der Waals surface area contributed by atoms with Crippen LogP contribution in [0.15, 0.2) is 29.2 Å². The third kappa shape index (κ3) is 2.26. The van der Waals surface area contributed by atoms with Crippen LogP contribution in [0.2, 0.25) is 0 Å². The molecule has 0 bridgehead atoms. The molecular weight excluding hydrogens is 178 g/mol. The van der Waals surface area contributed by atoms with Crippen LogP contribution in [0.1, 0.15) is 18.4 Å². The zero-order valence-electron chi connectivity index (χ0n) is 7.86. The Bertz CT molecular complexity index is 292. The molecule has 1 aromatic rings. The van der Waals surface area contributed by atoms with Gasteiger partial charge in [0.1, 0.15) is 0 Å². The number of hydrogen-bond donors (Lipinski definition) is 1. The normalized spacial score (nSPS) is 26.9. The van der Waals surface area contributed by atoms with Gasteiger partial charge in [0.15, 0.2) is 0 Å². The van der Waals surface area contributed by atoms with Gasteiger partial charge in [-0.2, -0.15) is 0 Å². The molecule has 13 heavy (non-hydrogen) atoms. The molecule has 1 aliphatic carbocycles. The summed E-state index contributed by atoms with van der Waals surface area (Å²) in [6, 6.07) is 9.14. The number of nitrogens with two attached hydrogens (primary N) is 1. The molecule has 2 heteroatoms. The predicted octanol–water partition coefficient (Wildman–Crippen LogP) is 2.58. The summed E-state index contributed by atoms with van der Waals surface area (Å²) >= 11 is 1.97. The summed E-state index contributed by atoms with van der Waals surface area (Å²) < 4.78 is 0. The van der Waals surface area contributed by atoms with E-state index in [4.69, 9.17) is 5.73 Å². The monoisotopic (exact) mass is 193 g/mol. The first-order valence-electron chi connectivity index (χ1n) is 4.73. The molecule has 0 spiro atoms. The van der Waals surface area contributed by atoms with Gasteiger partial charge in [-0.25, -0.2) is 0 Å². The van der Waals surface area contributed by atoms with E-state index in [1.54, 1.807) is 0 Å². The van der Waals surface area contributed by atoms with Crippen molar-refractivity contribution in [1.29, 1.82) is 0 Å². The fourth-order valence-corrected chi connectivity index (χ4v) is 3.07. The van der Waals surface area contributed by atoms with Crippen LogP contribution < -0.4 is 5.73 Å². The smallest absolute Gasteiger partial charge is 0.0124 e. The van der Waals surface area contributed by atoms with E-state index in [-0.39, 0.29) is 0 Å². The molecule has 2 rings (SSSR count). The molecule has 0 saturated heterocycles. The second-order valence-electron chi connectivity index (χ2n) is 3.79. The molecule has 0 heterocycles. The highest BCUT2D eigenvalue weighted by molar-refractivity contribution is 8.00. The fraction of sp³-hybridized carbons (Fsp3) is 0.455. The van der Waals surface area contributed by atoms with Gasteiger partial charge >= 0.3 is 0 Å². The Morgan fingerprint density at radius 3 is 2.77 bits per heavy atom. The van der Waals surface area contributed by atoms with Crippen LogP contribution in [0.4, 0.5) is 0 Å². The number of thioether (sulfide) groups is 1. The molecule has 1 nitrogen and oxygen atoms in total. The lowest BCUT2D eigenvalue weighted by atomic mass is 9.94. The largest absolute Gasteiger partial charge is 0.328 e. The van der Waals surface area contributed by atoms with E-state index < -0.39 is 0 Å². The quantitative estimate of drug-likeness (QED) is 0.781.